The molecule has 0 aliphatic rings. The third kappa shape index (κ3) is 3.24. The van der Waals surface area contributed by atoms with Crippen molar-refractivity contribution in [2.75, 3.05) is 5.32 Å². The number of aryl methyl sites for hydroxylation is 1. The van der Waals surface area contributed by atoms with E-state index in [4.69, 9.17) is 0 Å². The summed E-state index contributed by atoms with van der Waals surface area (Å²) in [5.41, 5.74) is 2.36. The van der Waals surface area contributed by atoms with E-state index < -0.39 is 0 Å². The molecule has 0 fully saturated rings. The summed E-state index contributed by atoms with van der Waals surface area (Å²) in [5.74, 6) is 0. The summed E-state index contributed by atoms with van der Waals surface area (Å²) in [6, 6.07) is 8.10. The molecule has 66 valence electrons. The molecule has 1 aromatic carbocycles. The highest BCUT2D eigenvalue weighted by atomic mass is 14.8. The van der Waals surface area contributed by atoms with Crippen molar-refractivity contribution in [2.45, 2.75) is 20.8 Å². The Morgan fingerprint density at radius 1 is 1.25 bits per heavy atom. The van der Waals surface area contributed by atoms with Crippen molar-refractivity contribution < 1.29 is 0 Å². The molecule has 0 aromatic heterocycles. The van der Waals surface area contributed by atoms with Gasteiger partial charge in [0.2, 0.25) is 0 Å². The van der Waals surface area contributed by atoms with E-state index >= 15 is 0 Å². The molecule has 0 atom stereocenters. The third-order valence-electron chi connectivity index (χ3n) is 1.40. The lowest BCUT2D eigenvalue weighted by atomic mass is 10.2. The number of rotatable bonds is 2. The molecule has 0 aliphatic carbocycles. The Morgan fingerprint density at radius 3 is 2.33 bits per heavy atom. The predicted octanol–water partition coefficient (Wildman–Crippen LogP) is 3.58. The standard InChI is InChI=1S/C9H11N.C2H6/c1-3-10-9-7-5-4-6-8(9)2;1-2/h3-7,10H,1H2,2H3;1-2H3. The first-order chi connectivity index (χ1) is 5.84. The molecule has 0 saturated heterocycles. The summed E-state index contributed by atoms with van der Waals surface area (Å²) in [6.45, 7) is 9.65. The first-order valence-electron chi connectivity index (χ1n) is 4.27. The third-order valence-corrected chi connectivity index (χ3v) is 1.40. The van der Waals surface area contributed by atoms with Gasteiger partial charge in [-0.1, -0.05) is 38.6 Å². The van der Waals surface area contributed by atoms with E-state index in [1.807, 2.05) is 32.0 Å². The molecule has 0 unspecified atom stereocenters. The minimum atomic E-state index is 1.12. The van der Waals surface area contributed by atoms with E-state index in [9.17, 15) is 0 Å². The van der Waals surface area contributed by atoms with Gasteiger partial charge in [0.1, 0.15) is 0 Å². The van der Waals surface area contributed by atoms with Crippen LogP contribution >= 0.6 is 0 Å². The minimum Gasteiger partial charge on any atom is -0.362 e. The molecule has 1 rings (SSSR count). The lowest BCUT2D eigenvalue weighted by molar-refractivity contribution is 1.44. The fraction of sp³-hybridized carbons (Fsp3) is 0.273. The summed E-state index contributed by atoms with van der Waals surface area (Å²) in [7, 11) is 0. The normalized spacial score (nSPS) is 7.92. The SMILES string of the molecule is C=CNc1ccccc1C.CC. The first-order valence-corrected chi connectivity index (χ1v) is 4.27. The predicted molar refractivity (Wildman–Crippen MR) is 56.3 cm³/mol. The van der Waals surface area contributed by atoms with E-state index in [1.165, 1.54) is 5.56 Å². The van der Waals surface area contributed by atoms with E-state index in [0.29, 0.717) is 0 Å². The molecule has 1 N–H and O–H groups in total. The average molecular weight is 163 g/mol. The first kappa shape index (κ1) is 10.8. The molecule has 0 heterocycles. The Labute approximate surface area is 75.1 Å². The molecule has 0 saturated carbocycles. The van der Waals surface area contributed by atoms with E-state index in [1.54, 1.807) is 6.20 Å². The van der Waals surface area contributed by atoms with Gasteiger partial charge in [0.05, 0.1) is 0 Å². The Kier molecular flexibility index (Phi) is 5.80. The largest absolute Gasteiger partial charge is 0.362 e. The summed E-state index contributed by atoms with van der Waals surface area (Å²) < 4.78 is 0. The number of nitrogens with one attached hydrogen (secondary N) is 1. The topological polar surface area (TPSA) is 12.0 Å². The van der Waals surface area contributed by atoms with Crippen LogP contribution in [0.25, 0.3) is 0 Å². The second-order valence-corrected chi connectivity index (χ2v) is 2.16. The summed E-state index contributed by atoms with van der Waals surface area (Å²) in [6.07, 6.45) is 1.68. The zero-order valence-corrected chi connectivity index (χ0v) is 8.09. The van der Waals surface area contributed by atoms with E-state index in [2.05, 4.69) is 24.9 Å². The van der Waals surface area contributed by atoms with Crippen LogP contribution in [0.4, 0.5) is 5.69 Å². The molecule has 0 bridgehead atoms. The molecule has 1 heteroatoms. The summed E-state index contributed by atoms with van der Waals surface area (Å²) >= 11 is 0. The second kappa shape index (κ2) is 6.47. The van der Waals surface area contributed by atoms with Gasteiger partial charge in [-0.3, -0.25) is 0 Å². The monoisotopic (exact) mass is 163 g/mol. The Morgan fingerprint density at radius 2 is 1.83 bits per heavy atom. The lowest BCUT2D eigenvalue weighted by Crippen LogP contribution is -1.87. The van der Waals surface area contributed by atoms with Crippen molar-refractivity contribution in [1.29, 1.82) is 0 Å². The van der Waals surface area contributed by atoms with Gasteiger partial charge in [-0.05, 0) is 24.8 Å². The van der Waals surface area contributed by atoms with Crippen molar-refractivity contribution in [1.82, 2.24) is 0 Å². The lowest BCUT2D eigenvalue weighted by Gasteiger charge is -2.02. The molecule has 1 aromatic rings. The number of para-hydroxylation sites is 1. The number of hydrogen-bond acceptors (Lipinski definition) is 1. The quantitative estimate of drug-likeness (QED) is 0.702. The Balaban J connectivity index is 0.000000561. The highest BCUT2D eigenvalue weighted by molar-refractivity contribution is 5.51. The van der Waals surface area contributed by atoms with Gasteiger partial charge in [-0.25, -0.2) is 0 Å². The van der Waals surface area contributed by atoms with Crippen LogP contribution in [0.2, 0.25) is 0 Å². The van der Waals surface area contributed by atoms with Crippen LogP contribution in [-0.2, 0) is 0 Å². The molecule has 0 aliphatic heterocycles. The van der Waals surface area contributed by atoms with Crippen molar-refractivity contribution in [3.05, 3.63) is 42.6 Å². The molecular formula is C11H17N. The fourth-order valence-corrected chi connectivity index (χ4v) is 0.845. The van der Waals surface area contributed by atoms with Crippen LogP contribution in [0.1, 0.15) is 19.4 Å². The minimum absolute atomic E-state index is 1.12. The van der Waals surface area contributed by atoms with E-state index in [0.717, 1.165) is 5.69 Å². The van der Waals surface area contributed by atoms with Crippen LogP contribution in [0.15, 0.2) is 37.0 Å². The molecule has 0 spiro atoms. The Bertz CT molecular complexity index is 228. The van der Waals surface area contributed by atoms with Gasteiger partial charge in [-0.15, -0.1) is 0 Å². The van der Waals surface area contributed by atoms with Gasteiger partial charge in [-0.2, -0.15) is 0 Å². The van der Waals surface area contributed by atoms with Crippen molar-refractivity contribution in [3.63, 3.8) is 0 Å². The highest BCUT2D eigenvalue weighted by Gasteiger charge is 1.89. The molecule has 1 nitrogen and oxygen atoms in total. The van der Waals surface area contributed by atoms with Crippen LogP contribution in [0.3, 0.4) is 0 Å². The Hall–Kier alpha value is -1.24. The second-order valence-electron chi connectivity index (χ2n) is 2.16. The van der Waals surface area contributed by atoms with Crippen molar-refractivity contribution in [3.8, 4) is 0 Å². The van der Waals surface area contributed by atoms with Crippen LogP contribution in [0, 0.1) is 6.92 Å². The van der Waals surface area contributed by atoms with Gasteiger partial charge in [0, 0.05) is 5.69 Å². The summed E-state index contributed by atoms with van der Waals surface area (Å²) in [4.78, 5) is 0. The van der Waals surface area contributed by atoms with Crippen molar-refractivity contribution >= 4 is 5.69 Å². The van der Waals surface area contributed by atoms with Crippen LogP contribution in [0.5, 0.6) is 0 Å². The molecule has 0 amide bonds. The highest BCUT2D eigenvalue weighted by Crippen LogP contribution is 2.12. The van der Waals surface area contributed by atoms with Gasteiger partial charge >= 0.3 is 0 Å². The van der Waals surface area contributed by atoms with Gasteiger partial charge in [0.15, 0.2) is 0 Å². The maximum atomic E-state index is 3.59. The number of benzene rings is 1. The maximum absolute atomic E-state index is 3.59. The van der Waals surface area contributed by atoms with Crippen LogP contribution < -0.4 is 5.32 Å². The number of anilines is 1. The fourth-order valence-electron chi connectivity index (χ4n) is 0.845. The molecule has 0 radical (unpaired) electrons. The zero-order chi connectivity index (χ0) is 9.40. The van der Waals surface area contributed by atoms with Crippen molar-refractivity contribution in [2.24, 2.45) is 0 Å². The average Bonchev–Trinajstić information content (AvgIpc) is 2.13. The zero-order valence-electron chi connectivity index (χ0n) is 8.09. The summed E-state index contributed by atoms with van der Waals surface area (Å²) in [5, 5.41) is 3.04. The smallest absolute Gasteiger partial charge is 0.0409 e. The van der Waals surface area contributed by atoms with Gasteiger partial charge < -0.3 is 5.32 Å². The molecule has 12 heavy (non-hydrogen) atoms. The van der Waals surface area contributed by atoms with Gasteiger partial charge in [0.25, 0.3) is 0 Å². The maximum Gasteiger partial charge on any atom is 0.0409 e. The number of hydrogen-bond donors (Lipinski definition) is 1. The van der Waals surface area contributed by atoms with Crippen LogP contribution in [-0.4, -0.2) is 0 Å². The van der Waals surface area contributed by atoms with E-state index in [-0.39, 0.29) is 0 Å². The molecular weight excluding hydrogens is 146 g/mol.